The van der Waals surface area contributed by atoms with Crippen LogP contribution in [0.3, 0.4) is 0 Å². The van der Waals surface area contributed by atoms with Gasteiger partial charge in [0.15, 0.2) is 0 Å². The molecule has 0 spiro atoms. The average Bonchev–Trinajstić information content (AvgIpc) is 3.83. The van der Waals surface area contributed by atoms with E-state index >= 15 is 8.78 Å². The van der Waals surface area contributed by atoms with Gasteiger partial charge < -0.3 is 19.9 Å². The number of amides is 1. The Hall–Kier alpha value is -4.57. The molecule has 1 amide bonds. The number of carbonyl (C=O) groups is 2. The Morgan fingerprint density at radius 1 is 1.02 bits per heavy atom. The predicted molar refractivity (Wildman–Crippen MR) is 183 cm³/mol. The van der Waals surface area contributed by atoms with E-state index in [-0.39, 0.29) is 58.1 Å². The Bertz CT molecular complexity index is 1950. The number of carboxylic acid groups (broad SMARTS) is 1. The summed E-state index contributed by atoms with van der Waals surface area (Å²) in [4.78, 5) is 41.6. The van der Waals surface area contributed by atoms with Crippen LogP contribution < -0.4 is 10.9 Å². The number of hydrogen-bond acceptors (Lipinski definition) is 4. The SMILES string of the molecule is C#Cc1cc(F)c([C@H](CC(=O)O)NC(=O)[C@@H](CC(C)C)n2cc(CC3CN(CC4CC4)C3)c(C(F)(F)F)cc2=O)c(F)c1-c1c(C)cc(F)cc1C. The predicted octanol–water partition coefficient (Wildman–Crippen LogP) is 7.35. The number of alkyl halides is 3. The van der Waals surface area contributed by atoms with E-state index in [1.54, 1.807) is 13.8 Å². The zero-order chi connectivity index (χ0) is 38.2. The maximum Gasteiger partial charge on any atom is 0.416 e. The van der Waals surface area contributed by atoms with E-state index in [4.69, 9.17) is 6.42 Å². The third-order valence-corrected chi connectivity index (χ3v) is 9.76. The zero-order valence-corrected chi connectivity index (χ0v) is 29.3. The first-order chi connectivity index (χ1) is 24.4. The minimum atomic E-state index is -4.84. The highest BCUT2D eigenvalue weighted by Gasteiger charge is 2.39. The number of rotatable bonds is 13. The number of nitrogens with one attached hydrogen (secondary N) is 1. The van der Waals surface area contributed by atoms with E-state index in [0.29, 0.717) is 25.1 Å². The van der Waals surface area contributed by atoms with Gasteiger partial charge in [-0.1, -0.05) is 19.8 Å². The fraction of sp³-hybridized carbons (Fsp3) is 0.462. The Labute approximate surface area is 298 Å². The quantitative estimate of drug-likeness (QED) is 0.142. The van der Waals surface area contributed by atoms with Gasteiger partial charge in [0.25, 0.3) is 5.56 Å². The van der Waals surface area contributed by atoms with Gasteiger partial charge in [0.2, 0.25) is 5.91 Å². The maximum atomic E-state index is 16.6. The zero-order valence-electron chi connectivity index (χ0n) is 29.3. The van der Waals surface area contributed by atoms with Crippen LogP contribution in [0.5, 0.6) is 0 Å². The highest BCUT2D eigenvalue weighted by atomic mass is 19.4. The van der Waals surface area contributed by atoms with Crippen LogP contribution in [0, 0.1) is 61.4 Å². The second-order valence-corrected chi connectivity index (χ2v) is 14.6. The number of aliphatic carboxylic acids is 1. The molecule has 1 saturated carbocycles. The molecular formula is C39H41F6N3O4. The van der Waals surface area contributed by atoms with Crippen molar-refractivity contribution in [3.8, 4) is 23.5 Å². The maximum absolute atomic E-state index is 16.6. The molecule has 0 radical (unpaired) electrons. The lowest BCUT2D eigenvalue weighted by Gasteiger charge is -2.40. The number of pyridine rings is 1. The lowest BCUT2D eigenvalue weighted by Crippen LogP contribution is -2.48. The van der Waals surface area contributed by atoms with Crippen LogP contribution in [0.2, 0.25) is 0 Å². The van der Waals surface area contributed by atoms with Gasteiger partial charge in [0, 0.05) is 48.6 Å². The summed E-state index contributed by atoms with van der Waals surface area (Å²) in [6.45, 7) is 8.52. The third kappa shape index (κ3) is 8.55. The van der Waals surface area contributed by atoms with Crippen molar-refractivity contribution in [1.29, 1.82) is 0 Å². The van der Waals surface area contributed by atoms with Crippen molar-refractivity contribution >= 4 is 11.9 Å². The van der Waals surface area contributed by atoms with Crippen LogP contribution in [0.4, 0.5) is 26.3 Å². The molecule has 2 N–H and O–H groups in total. The second kappa shape index (κ2) is 15.2. The van der Waals surface area contributed by atoms with Crippen LogP contribution in [0.25, 0.3) is 11.1 Å². The molecule has 2 fully saturated rings. The summed E-state index contributed by atoms with van der Waals surface area (Å²) < 4.78 is 90.0. The molecule has 2 heterocycles. The first-order valence-corrected chi connectivity index (χ1v) is 17.2. The summed E-state index contributed by atoms with van der Waals surface area (Å²) in [6.07, 6.45) is 3.01. The molecule has 0 unspecified atom stereocenters. The third-order valence-electron chi connectivity index (χ3n) is 9.76. The van der Waals surface area contributed by atoms with Crippen molar-refractivity contribution in [2.45, 2.75) is 78.1 Å². The summed E-state index contributed by atoms with van der Waals surface area (Å²) in [5.41, 5.74) is -3.08. The van der Waals surface area contributed by atoms with Crippen molar-refractivity contribution in [1.82, 2.24) is 14.8 Å². The highest BCUT2D eigenvalue weighted by Crippen LogP contribution is 2.39. The van der Waals surface area contributed by atoms with Crippen molar-refractivity contribution in [3.05, 3.63) is 91.6 Å². The second-order valence-electron chi connectivity index (χ2n) is 14.6. The number of hydrogen-bond donors (Lipinski definition) is 2. The fourth-order valence-electron chi connectivity index (χ4n) is 7.27. The van der Waals surface area contributed by atoms with Gasteiger partial charge in [-0.2, -0.15) is 13.2 Å². The molecular weight excluding hydrogens is 688 g/mol. The van der Waals surface area contributed by atoms with E-state index in [1.165, 1.54) is 13.8 Å². The molecule has 13 heteroatoms. The molecule has 1 aliphatic carbocycles. The van der Waals surface area contributed by atoms with Crippen molar-refractivity contribution in [3.63, 3.8) is 0 Å². The van der Waals surface area contributed by atoms with Gasteiger partial charge in [0.05, 0.1) is 18.0 Å². The summed E-state index contributed by atoms with van der Waals surface area (Å²) in [5.74, 6) is -3.26. The van der Waals surface area contributed by atoms with Gasteiger partial charge in [-0.3, -0.25) is 14.4 Å². The topological polar surface area (TPSA) is 91.6 Å². The minimum absolute atomic E-state index is 0.0108. The van der Waals surface area contributed by atoms with Crippen molar-refractivity contribution < 1.29 is 41.0 Å². The number of carbonyl (C=O) groups excluding carboxylic acids is 1. The van der Waals surface area contributed by atoms with E-state index in [1.807, 2.05) is 0 Å². The average molecular weight is 730 g/mol. The number of halogens is 6. The standard InChI is InChI=1S/C39H41F6N3O4/c1-6-25-13-29(41)36(37(42)35(25)34-21(4)10-27(40)11-22(34)5)30(15-33(50)51)46-38(52)31(9-20(2)3)48-19-26(28(14-32(48)49)39(43,44)45)12-24-17-47(18-24)16-23-7-8-23/h1,10-11,13-14,19-20,23-24,30-31H,7-9,12,15-18H2,2-5H3,(H,46,52)(H,50,51)/t30-,31+/m0/s1. The molecule has 1 aliphatic heterocycles. The van der Waals surface area contributed by atoms with Crippen LogP contribution in [0.1, 0.15) is 85.0 Å². The van der Waals surface area contributed by atoms with Gasteiger partial charge in [0.1, 0.15) is 23.5 Å². The normalized spacial score (nSPS) is 16.3. The van der Waals surface area contributed by atoms with Crippen LogP contribution in [-0.4, -0.2) is 46.1 Å². The molecule has 7 nitrogen and oxygen atoms in total. The van der Waals surface area contributed by atoms with E-state index < -0.39 is 70.7 Å². The number of nitrogens with zero attached hydrogens (tertiary/aromatic N) is 2. The first kappa shape index (κ1) is 38.7. The molecule has 52 heavy (non-hydrogen) atoms. The molecule has 2 aromatic carbocycles. The van der Waals surface area contributed by atoms with Gasteiger partial charge in [-0.05, 0) is 97.7 Å². The monoisotopic (exact) mass is 729 g/mol. The highest BCUT2D eigenvalue weighted by molar-refractivity contribution is 5.83. The summed E-state index contributed by atoms with van der Waals surface area (Å²) in [7, 11) is 0. The largest absolute Gasteiger partial charge is 0.481 e. The number of benzene rings is 2. The number of terminal acetylenes is 1. The Morgan fingerprint density at radius 3 is 2.19 bits per heavy atom. The van der Waals surface area contributed by atoms with Gasteiger partial charge in [-0.15, -0.1) is 6.42 Å². The smallest absolute Gasteiger partial charge is 0.416 e. The molecule has 1 aromatic heterocycles. The molecule has 5 rings (SSSR count). The van der Waals surface area contributed by atoms with Crippen molar-refractivity contribution in [2.75, 3.05) is 19.6 Å². The van der Waals surface area contributed by atoms with Crippen LogP contribution in [0.15, 0.2) is 35.3 Å². The molecule has 0 bridgehead atoms. The first-order valence-electron chi connectivity index (χ1n) is 17.2. The van der Waals surface area contributed by atoms with E-state index in [2.05, 4.69) is 16.1 Å². The minimum Gasteiger partial charge on any atom is -0.481 e. The Kier molecular flexibility index (Phi) is 11.3. The van der Waals surface area contributed by atoms with E-state index in [9.17, 15) is 37.1 Å². The van der Waals surface area contributed by atoms with E-state index in [0.717, 1.165) is 48.3 Å². The summed E-state index contributed by atoms with van der Waals surface area (Å²) >= 11 is 0. The van der Waals surface area contributed by atoms with Crippen molar-refractivity contribution in [2.24, 2.45) is 17.8 Å². The number of aryl methyl sites for hydroxylation is 2. The van der Waals surface area contributed by atoms with Gasteiger partial charge in [-0.25, -0.2) is 13.2 Å². The Morgan fingerprint density at radius 2 is 1.65 bits per heavy atom. The summed E-state index contributed by atoms with van der Waals surface area (Å²) in [6, 6.07) is 0.231. The lowest BCUT2D eigenvalue weighted by atomic mass is 9.88. The molecule has 1 saturated heterocycles. The van der Waals surface area contributed by atoms with Crippen LogP contribution in [-0.2, 0) is 22.2 Å². The molecule has 3 aromatic rings. The number of carboxylic acids is 1. The van der Waals surface area contributed by atoms with Crippen LogP contribution >= 0.6 is 0 Å². The fourth-order valence-corrected chi connectivity index (χ4v) is 7.27. The number of aromatic nitrogens is 1. The summed E-state index contributed by atoms with van der Waals surface area (Å²) in [5, 5.41) is 12.2. The molecule has 2 atom stereocenters. The molecule has 2 aliphatic rings. The number of likely N-dealkylation sites (tertiary alicyclic amines) is 1. The lowest BCUT2D eigenvalue weighted by molar-refractivity contribution is -0.139. The Balaban J connectivity index is 1.55. The van der Waals surface area contributed by atoms with Gasteiger partial charge >= 0.3 is 12.1 Å². The molecule has 278 valence electrons.